The zero-order valence-electron chi connectivity index (χ0n) is 16.2. The average molecular weight is 380 g/mol. The van der Waals surface area contributed by atoms with Crippen LogP contribution in [-0.2, 0) is 11.2 Å². The number of anilines is 1. The van der Waals surface area contributed by atoms with E-state index in [4.69, 9.17) is 4.99 Å². The third-order valence-electron chi connectivity index (χ3n) is 4.79. The van der Waals surface area contributed by atoms with E-state index in [-0.39, 0.29) is 11.8 Å². The molecule has 3 rings (SSSR count). The van der Waals surface area contributed by atoms with Crippen LogP contribution < -0.4 is 16.0 Å². The fourth-order valence-electron chi connectivity index (χ4n) is 3.37. The second kappa shape index (κ2) is 9.78. The number of guanidine groups is 1. The van der Waals surface area contributed by atoms with Gasteiger partial charge in [-0.25, -0.2) is 0 Å². The largest absolute Gasteiger partial charge is 0.508 e. The minimum Gasteiger partial charge on any atom is -0.508 e. The Morgan fingerprint density at radius 3 is 2.75 bits per heavy atom. The Hall–Kier alpha value is -3.02. The molecule has 2 aromatic carbocycles. The van der Waals surface area contributed by atoms with Crippen LogP contribution in [0.2, 0.25) is 0 Å². The van der Waals surface area contributed by atoms with Gasteiger partial charge >= 0.3 is 0 Å². The van der Waals surface area contributed by atoms with Gasteiger partial charge in [0, 0.05) is 31.1 Å². The number of phenols is 1. The zero-order chi connectivity index (χ0) is 19.8. The molecule has 28 heavy (non-hydrogen) atoms. The van der Waals surface area contributed by atoms with Crippen molar-refractivity contribution in [3.05, 3.63) is 59.7 Å². The molecule has 1 amide bonds. The first-order valence-corrected chi connectivity index (χ1v) is 9.84. The molecule has 0 aliphatic carbocycles. The number of carbonyl (C=O) groups excluding carboxylic acids is 1. The Labute approximate surface area is 166 Å². The van der Waals surface area contributed by atoms with Crippen molar-refractivity contribution in [2.75, 3.05) is 25.0 Å². The minimum atomic E-state index is 0.0470. The van der Waals surface area contributed by atoms with Gasteiger partial charge < -0.3 is 21.1 Å². The van der Waals surface area contributed by atoms with Crippen molar-refractivity contribution >= 4 is 17.6 Å². The number of hydrogen-bond acceptors (Lipinski definition) is 3. The maximum atomic E-state index is 12.0. The van der Waals surface area contributed by atoms with Gasteiger partial charge in [0.15, 0.2) is 5.96 Å². The fraction of sp³-hybridized carbons (Fsp3) is 0.364. The van der Waals surface area contributed by atoms with E-state index < -0.39 is 0 Å². The quantitative estimate of drug-likeness (QED) is 0.338. The highest BCUT2D eigenvalue weighted by atomic mass is 16.3. The number of aromatic hydroxyl groups is 1. The number of phenolic OH excluding ortho intramolecular Hbond substituents is 1. The molecule has 4 N–H and O–H groups in total. The molecule has 0 saturated heterocycles. The summed E-state index contributed by atoms with van der Waals surface area (Å²) in [5.41, 5.74) is 3.24. The van der Waals surface area contributed by atoms with Crippen LogP contribution in [-0.4, -0.2) is 36.6 Å². The molecule has 0 saturated carbocycles. The minimum absolute atomic E-state index is 0.0470. The molecule has 0 fully saturated rings. The highest BCUT2D eigenvalue weighted by molar-refractivity contribution is 5.94. The van der Waals surface area contributed by atoms with Gasteiger partial charge in [-0.3, -0.25) is 9.79 Å². The lowest BCUT2D eigenvalue weighted by Crippen LogP contribution is -2.38. The number of fused-ring (bicyclic) bond motifs is 1. The van der Waals surface area contributed by atoms with Crippen LogP contribution in [0.25, 0.3) is 0 Å². The number of aryl methyl sites for hydroxylation is 1. The van der Waals surface area contributed by atoms with Crippen molar-refractivity contribution in [3.8, 4) is 5.75 Å². The van der Waals surface area contributed by atoms with Crippen LogP contribution in [0.5, 0.6) is 5.75 Å². The molecule has 6 heteroatoms. The molecular weight excluding hydrogens is 352 g/mol. The van der Waals surface area contributed by atoms with E-state index in [2.05, 4.69) is 22.0 Å². The lowest BCUT2D eigenvalue weighted by Gasteiger charge is -2.24. The Morgan fingerprint density at radius 1 is 1.18 bits per heavy atom. The van der Waals surface area contributed by atoms with Crippen LogP contribution >= 0.6 is 0 Å². The van der Waals surface area contributed by atoms with E-state index in [1.807, 2.05) is 37.3 Å². The third-order valence-corrected chi connectivity index (χ3v) is 4.79. The number of nitrogens with zero attached hydrogens (tertiary/aromatic N) is 1. The molecule has 148 valence electrons. The predicted octanol–water partition coefficient (Wildman–Crippen LogP) is 3.01. The van der Waals surface area contributed by atoms with Crippen LogP contribution in [0.1, 0.15) is 36.8 Å². The molecule has 1 heterocycles. The molecule has 1 aliphatic heterocycles. The first kappa shape index (κ1) is 19.7. The molecule has 2 aromatic rings. The number of para-hydroxylation sites is 1. The molecule has 0 radical (unpaired) electrons. The number of benzene rings is 2. The van der Waals surface area contributed by atoms with Gasteiger partial charge in [0.2, 0.25) is 5.91 Å². The summed E-state index contributed by atoms with van der Waals surface area (Å²) in [5.74, 6) is 1.21. The number of hydrogen-bond donors (Lipinski definition) is 4. The van der Waals surface area contributed by atoms with Crippen molar-refractivity contribution in [2.45, 2.75) is 32.1 Å². The summed E-state index contributed by atoms with van der Waals surface area (Å²) in [7, 11) is 0. The van der Waals surface area contributed by atoms with E-state index in [0.29, 0.717) is 18.7 Å². The van der Waals surface area contributed by atoms with Gasteiger partial charge in [-0.2, -0.15) is 0 Å². The average Bonchev–Trinajstić information content (AvgIpc) is 2.70. The molecule has 6 nitrogen and oxygen atoms in total. The molecule has 1 atom stereocenters. The van der Waals surface area contributed by atoms with Crippen molar-refractivity contribution in [3.63, 3.8) is 0 Å². The number of aliphatic imine (C=N–C) groups is 1. The van der Waals surface area contributed by atoms with Crippen LogP contribution in [0.15, 0.2) is 53.5 Å². The van der Waals surface area contributed by atoms with Crippen molar-refractivity contribution in [1.82, 2.24) is 10.6 Å². The molecule has 1 aliphatic rings. The number of carbonyl (C=O) groups is 1. The van der Waals surface area contributed by atoms with Crippen molar-refractivity contribution in [1.29, 1.82) is 0 Å². The number of nitrogens with one attached hydrogen (secondary N) is 3. The summed E-state index contributed by atoms with van der Waals surface area (Å²) in [6.45, 7) is 4.19. The van der Waals surface area contributed by atoms with Gasteiger partial charge in [-0.15, -0.1) is 0 Å². The molecule has 0 aromatic heterocycles. The van der Waals surface area contributed by atoms with Gasteiger partial charge in [0.05, 0.1) is 6.54 Å². The third kappa shape index (κ3) is 5.49. The maximum absolute atomic E-state index is 12.0. The van der Waals surface area contributed by atoms with E-state index >= 15 is 0 Å². The summed E-state index contributed by atoms with van der Waals surface area (Å²) in [5, 5.41) is 18.9. The van der Waals surface area contributed by atoms with Crippen molar-refractivity contribution < 1.29 is 9.90 Å². The fourth-order valence-corrected chi connectivity index (χ4v) is 3.37. The van der Waals surface area contributed by atoms with E-state index in [9.17, 15) is 9.90 Å². The lowest BCUT2D eigenvalue weighted by molar-refractivity contribution is -0.116. The standard InChI is InChI=1S/C22H28N4O2/c1-2-23-22(24-13-5-6-16-9-11-18(27)12-10-16)25-15-17-14-21(28)26-20-8-4-3-7-19(17)20/h3-4,7-12,17,27H,2,5-6,13-15H2,1H3,(H,26,28)(H2,23,24,25). The first-order valence-electron chi connectivity index (χ1n) is 9.84. The van der Waals surface area contributed by atoms with E-state index in [1.54, 1.807) is 12.1 Å². The number of rotatable bonds is 7. The topological polar surface area (TPSA) is 85.8 Å². The van der Waals surface area contributed by atoms with E-state index in [0.717, 1.165) is 43.1 Å². The second-order valence-electron chi connectivity index (χ2n) is 6.95. The zero-order valence-corrected chi connectivity index (χ0v) is 16.2. The molecule has 0 bridgehead atoms. The summed E-state index contributed by atoms with van der Waals surface area (Å²) in [6.07, 6.45) is 2.35. The lowest BCUT2D eigenvalue weighted by atomic mass is 9.91. The highest BCUT2D eigenvalue weighted by Crippen LogP contribution is 2.31. The smallest absolute Gasteiger partial charge is 0.225 e. The van der Waals surface area contributed by atoms with Crippen LogP contribution in [0, 0.1) is 0 Å². The van der Waals surface area contributed by atoms with Crippen molar-refractivity contribution in [2.24, 2.45) is 4.99 Å². The normalized spacial score (nSPS) is 16.2. The SMILES string of the molecule is CCNC(=NCC1CC(=O)Nc2ccccc21)NCCCc1ccc(O)cc1. The second-order valence-corrected chi connectivity index (χ2v) is 6.95. The van der Waals surface area contributed by atoms with Crippen LogP contribution in [0.3, 0.4) is 0 Å². The Kier molecular flexibility index (Phi) is 6.89. The molecule has 0 spiro atoms. The molecule has 1 unspecified atom stereocenters. The predicted molar refractivity (Wildman–Crippen MR) is 113 cm³/mol. The Bertz CT molecular complexity index is 818. The van der Waals surface area contributed by atoms with E-state index in [1.165, 1.54) is 5.56 Å². The number of amides is 1. The summed E-state index contributed by atoms with van der Waals surface area (Å²) < 4.78 is 0. The molecular formula is C22H28N4O2. The maximum Gasteiger partial charge on any atom is 0.225 e. The van der Waals surface area contributed by atoms with Gasteiger partial charge in [0.25, 0.3) is 0 Å². The summed E-state index contributed by atoms with van der Waals surface area (Å²) in [6, 6.07) is 15.3. The monoisotopic (exact) mass is 380 g/mol. The summed E-state index contributed by atoms with van der Waals surface area (Å²) in [4.78, 5) is 16.7. The highest BCUT2D eigenvalue weighted by Gasteiger charge is 2.24. The van der Waals surface area contributed by atoms with Crippen LogP contribution in [0.4, 0.5) is 5.69 Å². The van der Waals surface area contributed by atoms with Gasteiger partial charge in [-0.1, -0.05) is 30.3 Å². The first-order chi connectivity index (χ1) is 13.7. The summed E-state index contributed by atoms with van der Waals surface area (Å²) >= 11 is 0. The Morgan fingerprint density at radius 2 is 1.96 bits per heavy atom. The van der Waals surface area contributed by atoms with Gasteiger partial charge in [-0.05, 0) is 49.1 Å². The van der Waals surface area contributed by atoms with Gasteiger partial charge in [0.1, 0.15) is 5.75 Å². The Balaban J connectivity index is 1.54.